The van der Waals surface area contributed by atoms with Crippen LogP contribution in [0.15, 0.2) is 71.0 Å². The van der Waals surface area contributed by atoms with Crippen molar-refractivity contribution in [1.82, 2.24) is 5.32 Å². The van der Waals surface area contributed by atoms with Gasteiger partial charge < -0.3 is 20.9 Å². The van der Waals surface area contributed by atoms with E-state index in [0.29, 0.717) is 11.6 Å². The third-order valence-electron chi connectivity index (χ3n) is 4.33. The van der Waals surface area contributed by atoms with Crippen LogP contribution in [-0.2, 0) is 6.42 Å². The number of hydrogen-bond acceptors (Lipinski definition) is 5. The monoisotopic (exact) mass is 407 g/mol. The second-order valence-electron chi connectivity index (χ2n) is 6.43. The quantitative estimate of drug-likeness (QED) is 0.280. The molecule has 3 rings (SSSR count). The highest BCUT2D eigenvalue weighted by atomic mass is 32.1. The number of thiophene rings is 1. The zero-order valence-electron chi connectivity index (χ0n) is 16.3. The average molecular weight is 408 g/mol. The van der Waals surface area contributed by atoms with Crippen LogP contribution in [0.25, 0.3) is 6.08 Å². The first-order chi connectivity index (χ1) is 14.2. The summed E-state index contributed by atoms with van der Waals surface area (Å²) in [5.74, 6) is 1.17. The molecule has 0 saturated heterocycles. The van der Waals surface area contributed by atoms with E-state index in [9.17, 15) is 5.11 Å². The van der Waals surface area contributed by atoms with Crippen molar-refractivity contribution in [2.45, 2.75) is 6.42 Å². The number of nitrogens with zero attached hydrogens (tertiary/aromatic N) is 1. The first kappa shape index (κ1) is 20.6. The summed E-state index contributed by atoms with van der Waals surface area (Å²) in [5.41, 5.74) is 9.12. The predicted octanol–water partition coefficient (Wildman–Crippen LogP) is 4.34. The second kappa shape index (κ2) is 10.5. The van der Waals surface area contributed by atoms with Gasteiger partial charge in [0.15, 0.2) is 11.5 Å². The van der Waals surface area contributed by atoms with E-state index in [1.54, 1.807) is 30.6 Å². The Bertz CT molecular complexity index is 964. The van der Waals surface area contributed by atoms with Crippen molar-refractivity contribution in [2.24, 2.45) is 10.7 Å². The standard InChI is InChI=1S/C23H25N3O2S/c1-28-21-16-18(8-11-20(21)27)4-2-13-25-14-12-17-6-9-19(10-7-17)26-23(24)22-5-3-15-29-22/h2-11,15-16,25,27H,12-14H2,1H3,(H2,24,26). The van der Waals surface area contributed by atoms with Gasteiger partial charge in [0.25, 0.3) is 0 Å². The number of benzene rings is 2. The number of phenolic OH excluding ortho intramolecular Hbond substituents is 1. The summed E-state index contributed by atoms with van der Waals surface area (Å²) in [7, 11) is 1.54. The van der Waals surface area contributed by atoms with Gasteiger partial charge in [-0.25, -0.2) is 4.99 Å². The maximum absolute atomic E-state index is 9.61. The van der Waals surface area contributed by atoms with E-state index >= 15 is 0 Å². The lowest BCUT2D eigenvalue weighted by Gasteiger charge is -2.05. The molecule has 1 aromatic heterocycles. The molecule has 6 heteroatoms. The predicted molar refractivity (Wildman–Crippen MR) is 121 cm³/mol. The van der Waals surface area contributed by atoms with Crippen molar-refractivity contribution in [2.75, 3.05) is 20.2 Å². The zero-order valence-corrected chi connectivity index (χ0v) is 17.2. The SMILES string of the molecule is COc1cc(C=CCNCCc2ccc(N=C(N)c3cccs3)cc2)ccc1O. The number of aromatic hydroxyl groups is 1. The number of amidine groups is 1. The summed E-state index contributed by atoms with van der Waals surface area (Å²) in [5, 5.41) is 15.0. The summed E-state index contributed by atoms with van der Waals surface area (Å²) < 4.78 is 5.11. The largest absolute Gasteiger partial charge is 0.504 e. The van der Waals surface area contributed by atoms with E-state index in [1.807, 2.05) is 41.8 Å². The van der Waals surface area contributed by atoms with E-state index in [1.165, 1.54) is 5.56 Å². The Morgan fingerprint density at radius 2 is 2.03 bits per heavy atom. The maximum Gasteiger partial charge on any atom is 0.161 e. The number of methoxy groups -OCH3 is 1. The fourth-order valence-electron chi connectivity index (χ4n) is 2.77. The first-order valence-corrected chi connectivity index (χ1v) is 10.2. The molecule has 29 heavy (non-hydrogen) atoms. The van der Waals surface area contributed by atoms with Crippen LogP contribution in [0, 0.1) is 0 Å². The topological polar surface area (TPSA) is 79.9 Å². The van der Waals surface area contributed by atoms with Crippen molar-refractivity contribution >= 4 is 28.9 Å². The molecule has 0 unspecified atom stereocenters. The normalized spacial score (nSPS) is 11.8. The van der Waals surface area contributed by atoms with Gasteiger partial charge in [-0.3, -0.25) is 0 Å². The van der Waals surface area contributed by atoms with E-state index in [4.69, 9.17) is 10.5 Å². The highest BCUT2D eigenvalue weighted by Crippen LogP contribution is 2.26. The van der Waals surface area contributed by atoms with Gasteiger partial charge in [-0.2, -0.15) is 0 Å². The Hall–Kier alpha value is -3.09. The molecule has 0 aliphatic heterocycles. The Balaban J connectivity index is 1.42. The lowest BCUT2D eigenvalue weighted by molar-refractivity contribution is 0.373. The molecule has 0 radical (unpaired) electrons. The molecule has 0 spiro atoms. The van der Waals surface area contributed by atoms with Gasteiger partial charge in [0.05, 0.1) is 17.7 Å². The van der Waals surface area contributed by atoms with Gasteiger partial charge >= 0.3 is 0 Å². The van der Waals surface area contributed by atoms with Crippen LogP contribution in [0.3, 0.4) is 0 Å². The third kappa shape index (κ3) is 6.20. The molecule has 0 atom stereocenters. The van der Waals surface area contributed by atoms with Crippen LogP contribution in [0.4, 0.5) is 5.69 Å². The molecule has 1 heterocycles. The van der Waals surface area contributed by atoms with Gasteiger partial charge in [-0.15, -0.1) is 11.3 Å². The molecule has 2 aromatic carbocycles. The summed E-state index contributed by atoms with van der Waals surface area (Å²) >= 11 is 1.58. The smallest absolute Gasteiger partial charge is 0.161 e. The number of nitrogens with two attached hydrogens (primary N) is 1. The summed E-state index contributed by atoms with van der Waals surface area (Å²) in [6.07, 6.45) is 4.99. The van der Waals surface area contributed by atoms with E-state index in [2.05, 4.69) is 28.5 Å². The van der Waals surface area contributed by atoms with Gasteiger partial charge in [0, 0.05) is 6.54 Å². The number of nitrogens with one attached hydrogen (secondary N) is 1. The van der Waals surface area contributed by atoms with Crippen LogP contribution in [0.2, 0.25) is 0 Å². The van der Waals surface area contributed by atoms with Gasteiger partial charge in [0.2, 0.25) is 0 Å². The molecule has 0 aliphatic rings. The molecule has 0 fully saturated rings. The van der Waals surface area contributed by atoms with Crippen molar-refractivity contribution < 1.29 is 9.84 Å². The van der Waals surface area contributed by atoms with E-state index < -0.39 is 0 Å². The molecule has 0 saturated carbocycles. The van der Waals surface area contributed by atoms with Crippen LogP contribution in [-0.4, -0.2) is 31.1 Å². The van der Waals surface area contributed by atoms with Crippen molar-refractivity contribution in [1.29, 1.82) is 0 Å². The molecule has 0 aliphatic carbocycles. The Morgan fingerprint density at radius 3 is 2.76 bits per heavy atom. The molecule has 0 bridgehead atoms. The van der Waals surface area contributed by atoms with Crippen molar-refractivity contribution in [3.63, 3.8) is 0 Å². The van der Waals surface area contributed by atoms with Gasteiger partial charge in [-0.05, 0) is 59.8 Å². The highest BCUT2D eigenvalue weighted by Gasteiger charge is 2.01. The average Bonchev–Trinajstić information content (AvgIpc) is 3.28. The van der Waals surface area contributed by atoms with Gasteiger partial charge in [0.1, 0.15) is 5.84 Å². The summed E-state index contributed by atoms with van der Waals surface area (Å²) in [6, 6.07) is 17.4. The maximum atomic E-state index is 9.61. The molecule has 3 aromatic rings. The first-order valence-electron chi connectivity index (χ1n) is 9.37. The lowest BCUT2D eigenvalue weighted by Crippen LogP contribution is -2.16. The fourth-order valence-corrected chi connectivity index (χ4v) is 3.39. The molecular formula is C23H25N3O2S. The minimum absolute atomic E-state index is 0.147. The van der Waals surface area contributed by atoms with Gasteiger partial charge in [-0.1, -0.05) is 36.4 Å². The molecular weight excluding hydrogens is 382 g/mol. The van der Waals surface area contributed by atoms with Crippen LogP contribution >= 0.6 is 11.3 Å². The number of ether oxygens (including phenoxy) is 1. The minimum atomic E-state index is 0.147. The number of hydrogen-bond donors (Lipinski definition) is 3. The zero-order chi connectivity index (χ0) is 20.5. The van der Waals surface area contributed by atoms with E-state index in [0.717, 1.165) is 35.6 Å². The number of rotatable bonds is 9. The summed E-state index contributed by atoms with van der Waals surface area (Å²) in [4.78, 5) is 5.45. The Kier molecular flexibility index (Phi) is 7.44. The van der Waals surface area contributed by atoms with Crippen LogP contribution < -0.4 is 15.8 Å². The number of phenols is 1. The molecule has 0 amide bonds. The fraction of sp³-hybridized carbons (Fsp3) is 0.174. The molecule has 5 nitrogen and oxygen atoms in total. The second-order valence-corrected chi connectivity index (χ2v) is 7.38. The number of aliphatic imine (C=N–C) groups is 1. The van der Waals surface area contributed by atoms with Crippen molar-refractivity contribution in [3.05, 3.63) is 82.1 Å². The minimum Gasteiger partial charge on any atom is -0.504 e. The molecule has 4 N–H and O–H groups in total. The Labute approximate surface area is 175 Å². The third-order valence-corrected chi connectivity index (χ3v) is 5.22. The van der Waals surface area contributed by atoms with Crippen molar-refractivity contribution in [3.8, 4) is 11.5 Å². The molecule has 150 valence electrons. The lowest BCUT2D eigenvalue weighted by atomic mass is 10.1. The Morgan fingerprint density at radius 1 is 1.21 bits per heavy atom. The van der Waals surface area contributed by atoms with Crippen LogP contribution in [0.1, 0.15) is 16.0 Å². The highest BCUT2D eigenvalue weighted by molar-refractivity contribution is 7.12. The summed E-state index contributed by atoms with van der Waals surface area (Å²) in [6.45, 7) is 1.64. The van der Waals surface area contributed by atoms with E-state index in [-0.39, 0.29) is 5.75 Å². The van der Waals surface area contributed by atoms with Crippen LogP contribution in [0.5, 0.6) is 11.5 Å².